The molecule has 0 bridgehead atoms. The van der Waals surface area contributed by atoms with E-state index in [0.29, 0.717) is 11.7 Å². The van der Waals surface area contributed by atoms with E-state index in [1.807, 2.05) is 78.4 Å². The third-order valence-corrected chi connectivity index (χ3v) is 6.29. The van der Waals surface area contributed by atoms with Crippen molar-refractivity contribution in [1.29, 1.82) is 0 Å². The van der Waals surface area contributed by atoms with Gasteiger partial charge < -0.3 is 24.6 Å². The number of aromatic nitrogens is 2. The van der Waals surface area contributed by atoms with Crippen molar-refractivity contribution in [3.8, 4) is 11.4 Å². The predicted octanol–water partition coefficient (Wildman–Crippen LogP) is 5.15. The number of hydrogen-bond acceptors (Lipinski definition) is 4. The molecule has 7 nitrogen and oxygen atoms in total. The number of hydrogen-bond donors (Lipinski definition) is 2. The molecule has 5 rings (SSSR count). The Morgan fingerprint density at radius 1 is 1.06 bits per heavy atom. The number of pyridine rings is 1. The van der Waals surface area contributed by atoms with Gasteiger partial charge in [0.1, 0.15) is 11.8 Å². The molecule has 2 N–H and O–H groups in total. The molecule has 1 saturated heterocycles. The van der Waals surface area contributed by atoms with Gasteiger partial charge in [0, 0.05) is 29.5 Å². The van der Waals surface area contributed by atoms with Crippen LogP contribution in [0.3, 0.4) is 0 Å². The van der Waals surface area contributed by atoms with Gasteiger partial charge >= 0.3 is 5.97 Å². The molecule has 1 fully saturated rings. The number of ether oxygens (including phenoxy) is 1. The van der Waals surface area contributed by atoms with Crippen molar-refractivity contribution in [3.63, 3.8) is 0 Å². The second kappa shape index (κ2) is 9.60. The minimum Gasteiger partial charge on any atom is -0.494 e. The number of anilines is 1. The highest BCUT2D eigenvalue weighted by Crippen LogP contribution is 2.42. The second-order valence-corrected chi connectivity index (χ2v) is 8.47. The zero-order valence-corrected chi connectivity index (χ0v) is 19.9. The van der Waals surface area contributed by atoms with Crippen molar-refractivity contribution in [1.82, 2.24) is 14.9 Å². The van der Waals surface area contributed by atoms with Crippen LogP contribution in [0.4, 0.5) is 5.69 Å². The lowest BCUT2D eigenvalue weighted by molar-refractivity contribution is 0.0697. The summed E-state index contributed by atoms with van der Waals surface area (Å²) in [4.78, 5) is 18.3. The number of carboxylic acid groups (broad SMARTS) is 1. The first-order chi connectivity index (χ1) is 17.1. The van der Waals surface area contributed by atoms with E-state index in [2.05, 4.69) is 15.2 Å². The van der Waals surface area contributed by atoms with Gasteiger partial charge in [0.25, 0.3) is 0 Å². The molecule has 3 heterocycles. The monoisotopic (exact) mass is 484 g/mol. The molecule has 4 aromatic rings. The maximum atomic E-state index is 11.6. The van der Waals surface area contributed by atoms with E-state index in [4.69, 9.17) is 17.0 Å². The van der Waals surface area contributed by atoms with Crippen LogP contribution >= 0.6 is 12.2 Å². The van der Waals surface area contributed by atoms with E-state index in [1.165, 1.54) is 0 Å². The largest absolute Gasteiger partial charge is 0.494 e. The summed E-state index contributed by atoms with van der Waals surface area (Å²) >= 11 is 5.82. The van der Waals surface area contributed by atoms with Crippen molar-refractivity contribution < 1.29 is 14.6 Å². The van der Waals surface area contributed by atoms with Crippen LogP contribution in [0.5, 0.6) is 5.75 Å². The second-order valence-electron chi connectivity index (χ2n) is 8.08. The Balaban J connectivity index is 1.63. The summed E-state index contributed by atoms with van der Waals surface area (Å²) in [6, 6.07) is 24.1. The van der Waals surface area contributed by atoms with Gasteiger partial charge in [0.05, 0.1) is 23.9 Å². The fourth-order valence-electron chi connectivity index (χ4n) is 4.46. The van der Waals surface area contributed by atoms with E-state index in [1.54, 1.807) is 24.4 Å². The summed E-state index contributed by atoms with van der Waals surface area (Å²) in [5.41, 5.74) is 3.71. The van der Waals surface area contributed by atoms with Crippen LogP contribution in [0.1, 0.15) is 40.8 Å². The molecule has 0 spiro atoms. The molecule has 0 aliphatic carbocycles. The third-order valence-electron chi connectivity index (χ3n) is 5.98. The van der Waals surface area contributed by atoms with E-state index in [-0.39, 0.29) is 17.6 Å². The zero-order valence-electron chi connectivity index (χ0n) is 19.0. The van der Waals surface area contributed by atoms with Gasteiger partial charge in [-0.05, 0) is 85.9 Å². The molecule has 1 aliphatic heterocycles. The molecule has 0 unspecified atom stereocenters. The minimum absolute atomic E-state index is 0.216. The summed E-state index contributed by atoms with van der Waals surface area (Å²) < 4.78 is 7.62. The number of nitrogens with zero attached hydrogens (tertiary/aromatic N) is 3. The zero-order chi connectivity index (χ0) is 24.4. The Bertz CT molecular complexity index is 1350. The molecular weight excluding hydrogens is 460 g/mol. The minimum atomic E-state index is -0.966. The van der Waals surface area contributed by atoms with Crippen molar-refractivity contribution in [2.45, 2.75) is 19.0 Å². The number of nitrogens with one attached hydrogen (secondary N) is 1. The van der Waals surface area contributed by atoms with Crippen LogP contribution in [0, 0.1) is 0 Å². The fourth-order valence-corrected chi connectivity index (χ4v) is 4.81. The van der Waals surface area contributed by atoms with Gasteiger partial charge in [-0.2, -0.15) is 0 Å². The predicted molar refractivity (Wildman–Crippen MR) is 138 cm³/mol. The van der Waals surface area contributed by atoms with E-state index < -0.39 is 5.97 Å². The molecule has 0 saturated carbocycles. The standard InChI is InChI=1S/C27H24N4O3S/c1-2-34-21-13-11-19(12-14-21)31-25(24(29-27(31)35)22-9-3-4-15-28-22)23-10-6-16-30(23)20-8-5-7-18(17-20)26(32)33/h3-17,24-25H,2H2,1H3,(H,29,35)(H,32,33)/t24-,25-/m0/s1. The van der Waals surface area contributed by atoms with Gasteiger partial charge in [-0.15, -0.1) is 0 Å². The molecule has 8 heteroatoms. The first kappa shape index (κ1) is 22.6. The van der Waals surface area contributed by atoms with E-state index >= 15 is 0 Å². The summed E-state index contributed by atoms with van der Waals surface area (Å²) in [7, 11) is 0. The van der Waals surface area contributed by atoms with Crippen LogP contribution in [0.25, 0.3) is 5.69 Å². The lowest BCUT2D eigenvalue weighted by Gasteiger charge is -2.29. The summed E-state index contributed by atoms with van der Waals surface area (Å²) in [5, 5.41) is 13.5. The summed E-state index contributed by atoms with van der Waals surface area (Å²) in [6.45, 7) is 2.55. The Morgan fingerprint density at radius 3 is 2.60 bits per heavy atom. The third kappa shape index (κ3) is 4.36. The fraction of sp³-hybridized carbons (Fsp3) is 0.148. The quantitative estimate of drug-likeness (QED) is 0.351. The molecule has 2 aromatic carbocycles. The molecule has 35 heavy (non-hydrogen) atoms. The topological polar surface area (TPSA) is 79.6 Å². The molecule has 176 valence electrons. The molecule has 1 aliphatic rings. The van der Waals surface area contributed by atoms with Gasteiger partial charge in [0.15, 0.2) is 5.11 Å². The Labute approximate surface area is 208 Å². The summed E-state index contributed by atoms with van der Waals surface area (Å²) in [6.07, 6.45) is 3.70. The van der Waals surface area contributed by atoms with Crippen LogP contribution in [-0.4, -0.2) is 32.3 Å². The molecule has 0 radical (unpaired) electrons. The van der Waals surface area contributed by atoms with Gasteiger partial charge in [-0.3, -0.25) is 4.98 Å². The number of rotatable bonds is 7. The van der Waals surface area contributed by atoms with Gasteiger partial charge in [-0.1, -0.05) is 12.1 Å². The normalized spacial score (nSPS) is 17.3. The Kier molecular flexibility index (Phi) is 6.20. The number of benzene rings is 2. The van der Waals surface area contributed by atoms with E-state index in [9.17, 15) is 9.90 Å². The first-order valence-corrected chi connectivity index (χ1v) is 11.7. The van der Waals surface area contributed by atoms with Crippen molar-refractivity contribution in [3.05, 3.63) is 108 Å². The number of thiocarbonyl (C=S) groups is 1. The van der Waals surface area contributed by atoms with Crippen LogP contribution in [-0.2, 0) is 0 Å². The lowest BCUT2D eigenvalue weighted by Crippen LogP contribution is -2.30. The Morgan fingerprint density at radius 2 is 1.89 bits per heavy atom. The maximum Gasteiger partial charge on any atom is 0.335 e. The SMILES string of the molecule is CCOc1ccc(N2C(=S)N[C@@H](c3ccccn3)[C@@H]2c2cccn2-c2cccc(C(=O)O)c2)cc1. The van der Waals surface area contributed by atoms with Crippen LogP contribution in [0.2, 0.25) is 0 Å². The highest BCUT2D eigenvalue weighted by molar-refractivity contribution is 7.80. The highest BCUT2D eigenvalue weighted by atomic mass is 32.1. The average Bonchev–Trinajstić information content (AvgIpc) is 3.50. The Hall–Kier alpha value is -4.17. The van der Waals surface area contributed by atoms with Crippen molar-refractivity contribution >= 4 is 29.0 Å². The number of carboxylic acids is 1. The number of aromatic carboxylic acids is 1. The molecule has 2 atom stereocenters. The highest BCUT2D eigenvalue weighted by Gasteiger charge is 2.42. The maximum absolute atomic E-state index is 11.6. The van der Waals surface area contributed by atoms with Crippen LogP contribution in [0.15, 0.2) is 91.3 Å². The molecular formula is C27H24N4O3S. The number of carbonyl (C=O) groups is 1. The average molecular weight is 485 g/mol. The summed E-state index contributed by atoms with van der Waals surface area (Å²) in [5.74, 6) is -0.173. The van der Waals surface area contributed by atoms with Crippen molar-refractivity contribution in [2.24, 2.45) is 0 Å². The molecule has 0 amide bonds. The first-order valence-electron chi connectivity index (χ1n) is 11.3. The smallest absolute Gasteiger partial charge is 0.335 e. The van der Waals surface area contributed by atoms with E-state index in [0.717, 1.165) is 28.5 Å². The van der Waals surface area contributed by atoms with Gasteiger partial charge in [0.2, 0.25) is 0 Å². The van der Waals surface area contributed by atoms with Crippen molar-refractivity contribution in [2.75, 3.05) is 11.5 Å². The molecule has 2 aromatic heterocycles. The van der Waals surface area contributed by atoms with Crippen LogP contribution < -0.4 is 15.0 Å². The van der Waals surface area contributed by atoms with Gasteiger partial charge in [-0.25, -0.2) is 4.79 Å². The lowest BCUT2D eigenvalue weighted by atomic mass is 10.0.